The second-order valence-corrected chi connectivity index (χ2v) is 2.62. The largest absolute Gasteiger partial charge is 0.305 e. The summed E-state index contributed by atoms with van der Waals surface area (Å²) in [4.78, 5) is 21.6. The number of hydrogen-bond donors (Lipinski definition) is 2. The van der Waals surface area contributed by atoms with Crippen molar-refractivity contribution in [2.45, 2.75) is 25.8 Å². The van der Waals surface area contributed by atoms with Crippen molar-refractivity contribution in [1.29, 1.82) is 0 Å². The lowest BCUT2D eigenvalue weighted by molar-refractivity contribution is -0.125. The number of carbonyl (C=O) groups excluding carboxylic acids is 2. The van der Waals surface area contributed by atoms with E-state index in [9.17, 15) is 9.59 Å². The first-order chi connectivity index (χ1) is 5.24. The van der Waals surface area contributed by atoms with E-state index in [4.69, 9.17) is 0 Å². The molecule has 11 heavy (non-hydrogen) atoms. The Hall–Kier alpha value is -0.900. The van der Waals surface area contributed by atoms with Crippen LogP contribution >= 0.6 is 0 Å². The van der Waals surface area contributed by atoms with E-state index in [0.717, 1.165) is 13.0 Å². The lowest BCUT2D eigenvalue weighted by Gasteiger charge is -2.05. The van der Waals surface area contributed by atoms with Gasteiger partial charge in [0, 0.05) is 0 Å². The minimum absolute atomic E-state index is 0.177. The molecule has 1 heterocycles. The third kappa shape index (κ3) is 2.01. The molecule has 0 bridgehead atoms. The van der Waals surface area contributed by atoms with Crippen molar-refractivity contribution in [3.8, 4) is 0 Å². The van der Waals surface area contributed by atoms with Crippen LogP contribution in [0.1, 0.15) is 19.8 Å². The number of carbonyl (C=O) groups is 2. The Kier molecular flexibility index (Phi) is 2.59. The lowest BCUT2D eigenvalue weighted by atomic mass is 10.2. The monoisotopic (exact) mass is 156 g/mol. The summed E-state index contributed by atoms with van der Waals surface area (Å²) in [5, 5.41) is 5.21. The summed E-state index contributed by atoms with van der Waals surface area (Å²) in [5.74, 6) is -0.368. The Balaban J connectivity index is 2.34. The molecule has 1 rings (SSSR count). The second-order valence-electron chi connectivity index (χ2n) is 2.62. The lowest BCUT2D eigenvalue weighted by Crippen LogP contribution is -2.36. The molecule has 0 aromatic heterocycles. The van der Waals surface area contributed by atoms with Crippen molar-refractivity contribution in [3.05, 3.63) is 0 Å². The van der Waals surface area contributed by atoms with E-state index < -0.39 is 0 Å². The molecule has 1 atom stereocenters. The first-order valence-corrected chi connectivity index (χ1v) is 3.81. The van der Waals surface area contributed by atoms with Gasteiger partial charge in [-0.2, -0.15) is 0 Å². The fraction of sp³-hybridized carbons (Fsp3) is 0.714. The molecule has 2 N–H and O–H groups in total. The molecule has 0 radical (unpaired) electrons. The van der Waals surface area contributed by atoms with Gasteiger partial charge in [-0.3, -0.25) is 14.9 Å². The molecule has 62 valence electrons. The summed E-state index contributed by atoms with van der Waals surface area (Å²) in [6.45, 7) is 2.80. The summed E-state index contributed by atoms with van der Waals surface area (Å²) in [5.41, 5.74) is 0. The smallest absolute Gasteiger partial charge is 0.244 e. The van der Waals surface area contributed by atoms with E-state index in [1.807, 2.05) is 6.92 Å². The van der Waals surface area contributed by atoms with E-state index >= 15 is 0 Å². The number of rotatable bonds is 3. The van der Waals surface area contributed by atoms with Crippen LogP contribution in [-0.4, -0.2) is 24.4 Å². The molecule has 0 aromatic carbocycles. The average molecular weight is 156 g/mol. The molecule has 1 fully saturated rings. The van der Waals surface area contributed by atoms with Crippen molar-refractivity contribution in [2.75, 3.05) is 6.54 Å². The highest BCUT2D eigenvalue weighted by Crippen LogP contribution is 2.00. The molecule has 4 nitrogen and oxygen atoms in total. The van der Waals surface area contributed by atoms with Gasteiger partial charge in [0.05, 0.1) is 12.5 Å². The molecule has 0 unspecified atom stereocenters. The highest BCUT2D eigenvalue weighted by Gasteiger charge is 2.29. The topological polar surface area (TPSA) is 58.2 Å². The van der Waals surface area contributed by atoms with E-state index in [-0.39, 0.29) is 17.9 Å². The van der Waals surface area contributed by atoms with Gasteiger partial charge < -0.3 is 5.32 Å². The highest BCUT2D eigenvalue weighted by molar-refractivity contribution is 6.05. The van der Waals surface area contributed by atoms with Crippen LogP contribution in [0.15, 0.2) is 0 Å². The maximum Gasteiger partial charge on any atom is 0.244 e. The summed E-state index contributed by atoms with van der Waals surface area (Å²) >= 11 is 0. The van der Waals surface area contributed by atoms with E-state index in [1.165, 1.54) is 0 Å². The van der Waals surface area contributed by atoms with Crippen molar-refractivity contribution in [3.63, 3.8) is 0 Å². The van der Waals surface area contributed by atoms with Crippen LogP contribution in [0.2, 0.25) is 0 Å². The molecule has 0 spiro atoms. The van der Waals surface area contributed by atoms with Crippen LogP contribution in [0.5, 0.6) is 0 Å². The highest BCUT2D eigenvalue weighted by atomic mass is 16.2. The Morgan fingerprint density at radius 1 is 1.64 bits per heavy atom. The molecule has 1 saturated heterocycles. The van der Waals surface area contributed by atoms with Crippen LogP contribution in [0, 0.1) is 0 Å². The third-order valence-electron chi connectivity index (χ3n) is 1.61. The minimum atomic E-state index is -0.289. The first-order valence-electron chi connectivity index (χ1n) is 3.81. The van der Waals surface area contributed by atoms with E-state index in [0.29, 0.717) is 6.42 Å². The molecule has 0 aliphatic carbocycles. The predicted molar refractivity (Wildman–Crippen MR) is 39.8 cm³/mol. The molecule has 0 saturated carbocycles. The number of imide groups is 1. The Morgan fingerprint density at radius 3 is 2.82 bits per heavy atom. The Bertz CT molecular complexity index is 179. The summed E-state index contributed by atoms with van der Waals surface area (Å²) in [6.07, 6.45) is 1.26. The first kappa shape index (κ1) is 8.20. The van der Waals surface area contributed by atoms with E-state index in [2.05, 4.69) is 10.6 Å². The number of amides is 2. The fourth-order valence-electron chi connectivity index (χ4n) is 1.04. The maximum atomic E-state index is 10.9. The molecular weight excluding hydrogens is 144 g/mol. The molecule has 1 aliphatic rings. The Labute approximate surface area is 65.3 Å². The predicted octanol–water partition coefficient (Wildman–Crippen LogP) is -0.599. The molecule has 0 aromatic rings. The standard InChI is InChI=1S/C7H12N2O2/c1-2-3-8-5-4-6(10)9-7(5)11/h5,8H,2-4H2,1H3,(H,9,10,11)/t5-/m0/s1. The van der Waals surface area contributed by atoms with Gasteiger partial charge in [0.2, 0.25) is 11.8 Å². The summed E-state index contributed by atoms with van der Waals surface area (Å²) in [7, 11) is 0. The van der Waals surface area contributed by atoms with Crippen molar-refractivity contribution < 1.29 is 9.59 Å². The number of nitrogens with one attached hydrogen (secondary N) is 2. The zero-order valence-corrected chi connectivity index (χ0v) is 6.52. The molecule has 4 heteroatoms. The molecule has 1 aliphatic heterocycles. The van der Waals surface area contributed by atoms with Gasteiger partial charge in [-0.25, -0.2) is 0 Å². The van der Waals surface area contributed by atoms with Gasteiger partial charge in [0.1, 0.15) is 0 Å². The second kappa shape index (κ2) is 3.48. The zero-order chi connectivity index (χ0) is 8.27. The van der Waals surface area contributed by atoms with Crippen LogP contribution in [0.3, 0.4) is 0 Å². The maximum absolute atomic E-state index is 10.9. The van der Waals surface area contributed by atoms with Crippen molar-refractivity contribution in [2.24, 2.45) is 0 Å². The average Bonchev–Trinajstić information content (AvgIpc) is 2.26. The van der Waals surface area contributed by atoms with Crippen LogP contribution < -0.4 is 10.6 Å². The normalized spacial score (nSPS) is 23.9. The van der Waals surface area contributed by atoms with Crippen molar-refractivity contribution in [1.82, 2.24) is 10.6 Å². The van der Waals surface area contributed by atoms with E-state index in [1.54, 1.807) is 0 Å². The third-order valence-corrected chi connectivity index (χ3v) is 1.61. The van der Waals surface area contributed by atoms with Gasteiger partial charge in [0.15, 0.2) is 0 Å². The molecular formula is C7H12N2O2. The zero-order valence-electron chi connectivity index (χ0n) is 6.52. The SMILES string of the molecule is CCCN[C@H]1CC(=O)NC1=O. The van der Waals surface area contributed by atoms with Crippen LogP contribution in [0.4, 0.5) is 0 Å². The quantitative estimate of drug-likeness (QED) is 0.536. The fourth-order valence-corrected chi connectivity index (χ4v) is 1.04. The van der Waals surface area contributed by atoms with Crippen LogP contribution in [0.25, 0.3) is 0 Å². The van der Waals surface area contributed by atoms with Crippen LogP contribution in [-0.2, 0) is 9.59 Å². The van der Waals surface area contributed by atoms with Gasteiger partial charge in [-0.1, -0.05) is 6.92 Å². The van der Waals surface area contributed by atoms with Crippen molar-refractivity contribution >= 4 is 11.8 Å². The molecule has 2 amide bonds. The van der Waals surface area contributed by atoms with Gasteiger partial charge in [-0.15, -0.1) is 0 Å². The number of hydrogen-bond acceptors (Lipinski definition) is 3. The summed E-state index contributed by atoms with van der Waals surface area (Å²) in [6, 6.07) is -0.289. The van der Waals surface area contributed by atoms with Gasteiger partial charge in [-0.05, 0) is 13.0 Å². The van der Waals surface area contributed by atoms with Gasteiger partial charge in [0.25, 0.3) is 0 Å². The minimum Gasteiger partial charge on any atom is -0.305 e. The van der Waals surface area contributed by atoms with Gasteiger partial charge >= 0.3 is 0 Å². The summed E-state index contributed by atoms with van der Waals surface area (Å²) < 4.78 is 0. The Morgan fingerprint density at radius 2 is 2.36 bits per heavy atom.